The van der Waals surface area contributed by atoms with E-state index in [2.05, 4.69) is 10.3 Å². The number of thiazole rings is 1. The minimum absolute atomic E-state index is 0.0104. The summed E-state index contributed by atoms with van der Waals surface area (Å²) in [5.74, 6) is -0.729. The molecule has 16 heteroatoms. The Labute approximate surface area is 300 Å². The van der Waals surface area contributed by atoms with Crippen LogP contribution >= 0.6 is 23.1 Å². The summed E-state index contributed by atoms with van der Waals surface area (Å²) in [5, 5.41) is 8.59. The second-order valence-electron chi connectivity index (χ2n) is 13.0. The fourth-order valence-corrected chi connectivity index (χ4v) is 11.8. The number of H-pyrrole nitrogens is 1. The van der Waals surface area contributed by atoms with Crippen molar-refractivity contribution in [3.8, 4) is 17.2 Å². The standard InChI is InChI=1S/C35H32N4O9S3/c1-46-19-8-6-18(7-9-19)39-33(41)28-21-14-22(29(28)34(39)42)30-27(21)26(31-32(49-30)38-35(43)50-31)16-3-12-23(24(13-16)47-2)48-15-25(40)37-17-4-10-20(11-5-17)51(36,44)45/h3-13,21-22,26-30H,14-15H2,1-2H3,(H,37,40)(H,38,43)(H2,36,44,45)/t21-,22-,26-,27?,28?,29?,30?/m1/s1. The van der Waals surface area contributed by atoms with Crippen molar-refractivity contribution in [2.45, 2.75) is 27.5 Å². The molecule has 3 heterocycles. The molecule has 51 heavy (non-hydrogen) atoms. The van der Waals surface area contributed by atoms with Gasteiger partial charge in [0.2, 0.25) is 21.8 Å². The lowest BCUT2D eigenvalue weighted by atomic mass is 9.68. The van der Waals surface area contributed by atoms with Crippen molar-refractivity contribution in [2.75, 3.05) is 31.0 Å². The van der Waals surface area contributed by atoms with Gasteiger partial charge in [-0.2, -0.15) is 0 Å². The predicted octanol–water partition coefficient (Wildman–Crippen LogP) is 3.80. The van der Waals surface area contributed by atoms with Gasteiger partial charge in [-0.1, -0.05) is 17.4 Å². The number of amides is 3. The van der Waals surface area contributed by atoms with Crippen molar-refractivity contribution in [3.05, 3.63) is 86.8 Å². The number of ether oxygens (including phenoxy) is 3. The van der Waals surface area contributed by atoms with Crippen LogP contribution in [0.5, 0.6) is 17.2 Å². The summed E-state index contributed by atoms with van der Waals surface area (Å²) in [7, 11) is -0.805. The fourth-order valence-electron chi connectivity index (χ4n) is 8.44. The molecule has 2 aliphatic heterocycles. The van der Waals surface area contributed by atoms with Crippen LogP contribution in [0.4, 0.5) is 11.4 Å². The number of thioether (sulfide) groups is 1. The number of anilines is 2. The molecule has 0 spiro atoms. The van der Waals surface area contributed by atoms with Crippen molar-refractivity contribution in [2.24, 2.45) is 34.7 Å². The number of sulfonamides is 1. The van der Waals surface area contributed by atoms with Crippen molar-refractivity contribution in [3.63, 3.8) is 0 Å². The number of benzene rings is 3. The zero-order valence-electron chi connectivity index (χ0n) is 27.2. The maximum Gasteiger partial charge on any atom is 0.305 e. The van der Waals surface area contributed by atoms with Crippen LogP contribution in [0.15, 0.2) is 81.4 Å². The second-order valence-corrected chi connectivity index (χ2v) is 16.8. The Morgan fingerprint density at radius 3 is 2.31 bits per heavy atom. The molecule has 3 fully saturated rings. The molecule has 264 valence electrons. The topological polar surface area (TPSA) is 187 Å². The molecule has 4 unspecified atom stereocenters. The quantitative estimate of drug-likeness (QED) is 0.213. The maximum absolute atomic E-state index is 14.1. The highest BCUT2D eigenvalue weighted by atomic mass is 32.2. The van der Waals surface area contributed by atoms with E-state index in [1.165, 1.54) is 36.3 Å². The summed E-state index contributed by atoms with van der Waals surface area (Å²) in [6.45, 7) is -0.353. The van der Waals surface area contributed by atoms with Gasteiger partial charge in [-0.05, 0) is 90.4 Å². The number of aromatic amines is 1. The number of methoxy groups -OCH3 is 2. The Morgan fingerprint density at radius 2 is 1.65 bits per heavy atom. The Kier molecular flexibility index (Phi) is 8.24. The summed E-state index contributed by atoms with van der Waals surface area (Å²) in [5.41, 5.74) is 1.77. The molecule has 1 saturated heterocycles. The molecule has 0 radical (unpaired) electrons. The lowest BCUT2D eigenvalue weighted by Gasteiger charge is -2.43. The van der Waals surface area contributed by atoms with Crippen LogP contribution in [0, 0.1) is 29.6 Å². The lowest BCUT2D eigenvalue weighted by Crippen LogP contribution is -2.42. The number of imide groups is 1. The Bertz CT molecular complexity index is 2240. The molecule has 2 bridgehead atoms. The van der Waals surface area contributed by atoms with E-state index in [4.69, 9.17) is 19.3 Å². The van der Waals surface area contributed by atoms with E-state index < -0.39 is 27.8 Å². The van der Waals surface area contributed by atoms with Crippen LogP contribution < -0.4 is 34.4 Å². The van der Waals surface area contributed by atoms with E-state index >= 15 is 0 Å². The van der Waals surface area contributed by atoms with Gasteiger partial charge in [0.05, 0.1) is 41.7 Å². The number of nitrogens with zero attached hydrogens (tertiary/aromatic N) is 1. The zero-order chi connectivity index (χ0) is 35.8. The minimum atomic E-state index is -3.86. The third-order valence-electron chi connectivity index (χ3n) is 10.4. The number of carbonyl (C=O) groups excluding carboxylic acids is 3. The van der Waals surface area contributed by atoms with Crippen molar-refractivity contribution < 1.29 is 37.0 Å². The number of hydrogen-bond donors (Lipinski definition) is 3. The summed E-state index contributed by atoms with van der Waals surface area (Å²) in [6, 6.07) is 17.8. The highest BCUT2D eigenvalue weighted by molar-refractivity contribution is 8.00. The van der Waals surface area contributed by atoms with Gasteiger partial charge in [0.1, 0.15) is 5.75 Å². The summed E-state index contributed by atoms with van der Waals surface area (Å²) in [6.07, 6.45) is 0.749. The monoisotopic (exact) mass is 748 g/mol. The minimum Gasteiger partial charge on any atom is -0.497 e. The van der Waals surface area contributed by atoms with Crippen LogP contribution in [0.1, 0.15) is 22.8 Å². The third-order valence-corrected chi connectivity index (χ3v) is 13.9. The number of aromatic nitrogens is 1. The largest absolute Gasteiger partial charge is 0.497 e. The highest BCUT2D eigenvalue weighted by Crippen LogP contribution is 2.68. The molecular formula is C35H32N4O9S3. The lowest BCUT2D eigenvalue weighted by molar-refractivity contribution is -0.123. The van der Waals surface area contributed by atoms with Gasteiger partial charge in [0.15, 0.2) is 18.1 Å². The molecule has 7 atom stereocenters. The molecule has 2 saturated carbocycles. The van der Waals surface area contributed by atoms with Gasteiger partial charge in [-0.25, -0.2) is 13.6 Å². The SMILES string of the molecule is COc1ccc(N2C(=O)C3C(C2=O)[C@@H]2C[C@H]3C3Sc4[nH]c(=O)sc4[C@H](c4ccc(OCC(=O)Nc5ccc(S(N)(=O)=O)cc5)c(OC)c4)C32)cc1. The number of primary sulfonamides is 1. The normalized spacial score (nSPS) is 26.0. The van der Waals surface area contributed by atoms with E-state index in [9.17, 15) is 27.6 Å². The molecule has 4 N–H and O–H groups in total. The first-order valence-electron chi connectivity index (χ1n) is 16.1. The first-order valence-corrected chi connectivity index (χ1v) is 19.4. The molecule has 3 amide bonds. The third kappa shape index (κ3) is 5.60. The average molecular weight is 749 g/mol. The Hall–Kier alpha value is -4.64. The molecule has 3 aromatic carbocycles. The molecule has 4 aromatic rings. The predicted molar refractivity (Wildman–Crippen MR) is 189 cm³/mol. The summed E-state index contributed by atoms with van der Waals surface area (Å²) >= 11 is 2.77. The number of carbonyl (C=O) groups is 3. The van der Waals surface area contributed by atoms with Crippen LogP contribution in [0.3, 0.4) is 0 Å². The second kappa shape index (κ2) is 12.5. The van der Waals surface area contributed by atoms with Gasteiger partial charge in [-0.3, -0.25) is 24.1 Å². The highest BCUT2D eigenvalue weighted by Gasteiger charge is 2.69. The van der Waals surface area contributed by atoms with Gasteiger partial charge in [-0.15, -0.1) is 11.8 Å². The maximum atomic E-state index is 14.1. The molecule has 4 aliphatic rings. The fraction of sp³-hybridized carbons (Fsp3) is 0.314. The van der Waals surface area contributed by atoms with Crippen molar-refractivity contribution in [1.82, 2.24) is 4.98 Å². The van der Waals surface area contributed by atoms with Crippen LogP contribution in [0.2, 0.25) is 0 Å². The van der Waals surface area contributed by atoms with E-state index in [0.29, 0.717) is 28.6 Å². The molecule has 8 rings (SSSR count). The van der Waals surface area contributed by atoms with Crippen molar-refractivity contribution >= 4 is 62.2 Å². The van der Waals surface area contributed by atoms with E-state index in [0.717, 1.165) is 33.2 Å². The van der Waals surface area contributed by atoms with Crippen LogP contribution in [-0.4, -0.2) is 57.2 Å². The first-order chi connectivity index (χ1) is 24.5. The molecular weight excluding hydrogens is 717 g/mol. The summed E-state index contributed by atoms with van der Waals surface area (Å²) in [4.78, 5) is 58.4. The Morgan fingerprint density at radius 1 is 0.941 bits per heavy atom. The van der Waals surface area contributed by atoms with E-state index in [1.54, 1.807) is 49.2 Å². The molecule has 2 aliphatic carbocycles. The molecule has 13 nitrogen and oxygen atoms in total. The number of hydrogen-bond acceptors (Lipinski definition) is 11. The first kappa shape index (κ1) is 33.5. The van der Waals surface area contributed by atoms with Gasteiger partial charge in [0.25, 0.3) is 5.91 Å². The van der Waals surface area contributed by atoms with Crippen molar-refractivity contribution in [1.29, 1.82) is 0 Å². The molecule has 1 aromatic heterocycles. The zero-order valence-corrected chi connectivity index (χ0v) is 29.7. The average Bonchev–Trinajstić information content (AvgIpc) is 3.86. The van der Waals surface area contributed by atoms with Gasteiger partial charge in [0, 0.05) is 21.7 Å². The van der Waals surface area contributed by atoms with Gasteiger partial charge >= 0.3 is 4.87 Å². The van der Waals surface area contributed by atoms with Crippen LogP contribution in [-0.2, 0) is 24.4 Å². The summed E-state index contributed by atoms with van der Waals surface area (Å²) < 4.78 is 39.8. The number of rotatable bonds is 9. The van der Waals surface area contributed by atoms with E-state index in [1.807, 2.05) is 12.1 Å². The van der Waals surface area contributed by atoms with Crippen LogP contribution in [0.25, 0.3) is 0 Å². The van der Waals surface area contributed by atoms with Gasteiger partial charge < -0.3 is 24.5 Å². The number of fused-ring (bicyclic) bond motifs is 9. The number of nitrogens with one attached hydrogen (secondary N) is 2. The number of nitrogens with two attached hydrogens (primary N) is 1. The van der Waals surface area contributed by atoms with E-state index in [-0.39, 0.29) is 57.1 Å². The smallest absolute Gasteiger partial charge is 0.305 e. The Balaban J connectivity index is 1.05.